The molecule has 0 bridgehead atoms. The van der Waals surface area contributed by atoms with E-state index in [9.17, 15) is 4.79 Å². The molecule has 0 fully saturated rings. The molecule has 2 N–H and O–H groups in total. The Morgan fingerprint density at radius 3 is 2.60 bits per heavy atom. The minimum atomic E-state index is -0.300. The molecule has 6 heteroatoms. The molecule has 0 aliphatic heterocycles. The molecule has 0 unspecified atom stereocenters. The van der Waals surface area contributed by atoms with Gasteiger partial charge in [0.15, 0.2) is 5.13 Å². The quantitative estimate of drug-likeness (QED) is 0.705. The van der Waals surface area contributed by atoms with E-state index >= 15 is 0 Å². The first-order valence-electron chi connectivity index (χ1n) is 5.90. The summed E-state index contributed by atoms with van der Waals surface area (Å²) in [4.78, 5) is 16.3. The third-order valence-corrected chi connectivity index (χ3v) is 4.20. The lowest BCUT2D eigenvalue weighted by Gasteiger charge is -2.04. The lowest BCUT2D eigenvalue weighted by Crippen LogP contribution is -2.19. The number of para-hydroxylation sites is 2. The van der Waals surface area contributed by atoms with Gasteiger partial charge in [0.2, 0.25) is 0 Å². The number of hydrogen-bond donors (Lipinski definition) is 2. The molecule has 0 radical (unpaired) electrons. The van der Waals surface area contributed by atoms with Gasteiger partial charge in [-0.15, -0.1) is 0 Å². The molecule has 0 atom stereocenters. The van der Waals surface area contributed by atoms with E-state index in [2.05, 4.69) is 31.5 Å². The number of amides is 2. The number of thiazole rings is 1. The van der Waals surface area contributed by atoms with Gasteiger partial charge in [0.25, 0.3) is 0 Å². The van der Waals surface area contributed by atoms with Crippen LogP contribution in [0.15, 0.2) is 53.0 Å². The molecule has 0 spiro atoms. The zero-order valence-corrected chi connectivity index (χ0v) is 12.7. The summed E-state index contributed by atoms with van der Waals surface area (Å²) in [6.07, 6.45) is 0. The van der Waals surface area contributed by atoms with Gasteiger partial charge in [0.05, 0.1) is 10.2 Å². The molecule has 0 aliphatic rings. The SMILES string of the molecule is O=C(Nc1ccccc1)Nc1nc2c(Br)cccc2s1. The Labute approximate surface area is 128 Å². The number of carbonyl (C=O) groups excluding carboxylic acids is 1. The highest BCUT2D eigenvalue weighted by molar-refractivity contribution is 9.10. The van der Waals surface area contributed by atoms with Crippen molar-refractivity contribution in [1.29, 1.82) is 0 Å². The molecule has 100 valence electrons. The Hall–Kier alpha value is -1.92. The van der Waals surface area contributed by atoms with Gasteiger partial charge in [0, 0.05) is 10.2 Å². The summed E-state index contributed by atoms with van der Waals surface area (Å²) in [6, 6.07) is 14.8. The minimum absolute atomic E-state index is 0.300. The van der Waals surface area contributed by atoms with Gasteiger partial charge >= 0.3 is 6.03 Å². The van der Waals surface area contributed by atoms with Crippen molar-refractivity contribution < 1.29 is 4.79 Å². The monoisotopic (exact) mass is 347 g/mol. The number of hydrogen-bond acceptors (Lipinski definition) is 3. The Kier molecular flexibility index (Phi) is 3.66. The molecule has 0 aliphatic carbocycles. The number of halogens is 1. The number of anilines is 2. The molecule has 1 heterocycles. The van der Waals surface area contributed by atoms with Crippen LogP contribution in [-0.4, -0.2) is 11.0 Å². The summed E-state index contributed by atoms with van der Waals surface area (Å²) >= 11 is 4.88. The summed E-state index contributed by atoms with van der Waals surface area (Å²) in [6.45, 7) is 0. The average Bonchev–Trinajstić information content (AvgIpc) is 2.83. The van der Waals surface area contributed by atoms with E-state index < -0.39 is 0 Å². The van der Waals surface area contributed by atoms with Crippen LogP contribution < -0.4 is 10.6 Å². The van der Waals surface area contributed by atoms with Crippen molar-refractivity contribution in [1.82, 2.24) is 4.98 Å². The maximum atomic E-state index is 11.9. The Morgan fingerprint density at radius 2 is 1.85 bits per heavy atom. The fraction of sp³-hybridized carbons (Fsp3) is 0. The van der Waals surface area contributed by atoms with Gasteiger partial charge in [-0.3, -0.25) is 5.32 Å². The van der Waals surface area contributed by atoms with Crippen molar-refractivity contribution in [3.63, 3.8) is 0 Å². The molecule has 4 nitrogen and oxygen atoms in total. The van der Waals surface area contributed by atoms with Gasteiger partial charge in [-0.05, 0) is 40.2 Å². The van der Waals surface area contributed by atoms with Gasteiger partial charge in [0.1, 0.15) is 0 Å². The third-order valence-electron chi connectivity index (χ3n) is 2.62. The highest BCUT2D eigenvalue weighted by atomic mass is 79.9. The first kappa shape index (κ1) is 13.1. The van der Waals surface area contributed by atoms with Crippen LogP contribution in [0.4, 0.5) is 15.6 Å². The normalized spacial score (nSPS) is 10.4. The second-order valence-electron chi connectivity index (χ2n) is 4.05. The maximum Gasteiger partial charge on any atom is 0.325 e. The molecular formula is C14H10BrN3OS. The summed E-state index contributed by atoms with van der Waals surface area (Å²) in [5, 5.41) is 6.07. The van der Waals surface area contributed by atoms with E-state index in [0.29, 0.717) is 5.13 Å². The smallest absolute Gasteiger partial charge is 0.308 e. The zero-order valence-electron chi connectivity index (χ0n) is 10.3. The average molecular weight is 348 g/mol. The number of carbonyl (C=O) groups is 1. The van der Waals surface area contributed by atoms with E-state index in [-0.39, 0.29) is 6.03 Å². The maximum absolute atomic E-state index is 11.9. The molecule has 0 saturated carbocycles. The summed E-state index contributed by atoms with van der Waals surface area (Å²) in [5.74, 6) is 0. The molecule has 2 amide bonds. The molecular weight excluding hydrogens is 338 g/mol. The number of nitrogens with zero attached hydrogens (tertiary/aromatic N) is 1. The van der Waals surface area contributed by atoms with Crippen molar-refractivity contribution >= 4 is 54.3 Å². The molecule has 3 rings (SSSR count). The van der Waals surface area contributed by atoms with Gasteiger partial charge in [-0.25, -0.2) is 9.78 Å². The minimum Gasteiger partial charge on any atom is -0.308 e. The predicted molar refractivity (Wildman–Crippen MR) is 86.4 cm³/mol. The lowest BCUT2D eigenvalue weighted by molar-refractivity contribution is 0.262. The van der Waals surface area contributed by atoms with Crippen LogP contribution in [-0.2, 0) is 0 Å². The van der Waals surface area contributed by atoms with Crippen LogP contribution in [0.25, 0.3) is 10.2 Å². The van der Waals surface area contributed by atoms with E-state index in [1.807, 2.05) is 48.5 Å². The highest BCUT2D eigenvalue weighted by Gasteiger charge is 2.09. The van der Waals surface area contributed by atoms with E-state index in [0.717, 1.165) is 20.4 Å². The van der Waals surface area contributed by atoms with Crippen molar-refractivity contribution in [2.24, 2.45) is 0 Å². The standard InChI is InChI=1S/C14H10BrN3OS/c15-10-7-4-8-11-12(10)17-14(20-11)18-13(19)16-9-5-2-1-3-6-9/h1-8H,(H2,16,17,18,19). The van der Waals surface area contributed by atoms with Gasteiger partial charge in [-0.2, -0.15) is 0 Å². The zero-order chi connectivity index (χ0) is 13.9. The third kappa shape index (κ3) is 2.81. The number of nitrogens with one attached hydrogen (secondary N) is 2. The van der Waals surface area contributed by atoms with Crippen LogP contribution >= 0.6 is 27.3 Å². The van der Waals surface area contributed by atoms with E-state index in [1.165, 1.54) is 11.3 Å². The fourth-order valence-corrected chi connectivity index (χ4v) is 3.22. The summed E-state index contributed by atoms with van der Waals surface area (Å²) < 4.78 is 1.94. The van der Waals surface area contributed by atoms with Crippen LogP contribution in [0.5, 0.6) is 0 Å². The number of urea groups is 1. The summed E-state index contributed by atoms with van der Waals surface area (Å²) in [7, 11) is 0. The first-order chi connectivity index (χ1) is 9.72. The van der Waals surface area contributed by atoms with E-state index in [4.69, 9.17) is 0 Å². The van der Waals surface area contributed by atoms with Crippen LogP contribution in [0, 0.1) is 0 Å². The lowest BCUT2D eigenvalue weighted by atomic mass is 10.3. The van der Waals surface area contributed by atoms with Crippen molar-refractivity contribution in [2.45, 2.75) is 0 Å². The number of fused-ring (bicyclic) bond motifs is 1. The van der Waals surface area contributed by atoms with Crippen molar-refractivity contribution in [3.05, 3.63) is 53.0 Å². The van der Waals surface area contributed by atoms with Gasteiger partial charge in [-0.1, -0.05) is 35.6 Å². The Bertz CT molecular complexity index is 757. The molecule has 1 aromatic heterocycles. The predicted octanol–water partition coefficient (Wildman–Crippen LogP) is 4.70. The molecule has 20 heavy (non-hydrogen) atoms. The van der Waals surface area contributed by atoms with E-state index in [1.54, 1.807) is 0 Å². The molecule has 3 aromatic rings. The number of aromatic nitrogens is 1. The largest absolute Gasteiger partial charge is 0.325 e. The topological polar surface area (TPSA) is 54.0 Å². The second-order valence-corrected chi connectivity index (χ2v) is 5.94. The summed E-state index contributed by atoms with van der Waals surface area (Å²) in [5.41, 5.74) is 1.60. The Morgan fingerprint density at radius 1 is 1.05 bits per heavy atom. The van der Waals surface area contributed by atoms with Crippen LogP contribution in [0.2, 0.25) is 0 Å². The Balaban J connectivity index is 1.76. The fourth-order valence-electron chi connectivity index (χ4n) is 1.75. The first-order valence-corrected chi connectivity index (χ1v) is 7.51. The van der Waals surface area contributed by atoms with Crippen LogP contribution in [0.3, 0.4) is 0 Å². The molecule has 2 aromatic carbocycles. The van der Waals surface area contributed by atoms with Crippen molar-refractivity contribution in [3.8, 4) is 0 Å². The van der Waals surface area contributed by atoms with Crippen LogP contribution in [0.1, 0.15) is 0 Å². The van der Waals surface area contributed by atoms with Gasteiger partial charge < -0.3 is 5.32 Å². The molecule has 0 saturated heterocycles. The highest BCUT2D eigenvalue weighted by Crippen LogP contribution is 2.30. The second kappa shape index (κ2) is 5.60. The number of rotatable bonds is 2. The van der Waals surface area contributed by atoms with Crippen molar-refractivity contribution in [2.75, 3.05) is 10.6 Å². The number of benzene rings is 2.